The Morgan fingerprint density at radius 3 is 2.64 bits per heavy atom. The van der Waals surface area contributed by atoms with E-state index in [9.17, 15) is 22.8 Å². The monoisotopic (exact) mass is 394 g/mol. The van der Waals surface area contributed by atoms with E-state index in [1.165, 1.54) is 19.1 Å². The van der Waals surface area contributed by atoms with Gasteiger partial charge in [0.25, 0.3) is 5.89 Å². The number of carbonyl (C=O) groups excluding carboxylic acids is 1. The summed E-state index contributed by atoms with van der Waals surface area (Å²) in [4.78, 5) is 28.1. The average Bonchev–Trinajstić information content (AvgIpc) is 3.04. The van der Waals surface area contributed by atoms with Gasteiger partial charge in [0.05, 0.1) is 11.3 Å². The van der Waals surface area contributed by atoms with Crippen LogP contribution in [-0.2, 0) is 17.5 Å². The van der Waals surface area contributed by atoms with Gasteiger partial charge >= 0.3 is 12.1 Å². The van der Waals surface area contributed by atoms with Gasteiger partial charge in [0, 0.05) is 11.8 Å². The lowest BCUT2D eigenvalue weighted by Gasteiger charge is -2.13. The highest BCUT2D eigenvalue weighted by Gasteiger charge is 2.30. The molecule has 0 bridgehead atoms. The van der Waals surface area contributed by atoms with E-state index in [0.717, 1.165) is 22.9 Å². The van der Waals surface area contributed by atoms with Gasteiger partial charge in [-0.1, -0.05) is 11.2 Å². The Labute approximate surface area is 155 Å². The van der Waals surface area contributed by atoms with Crippen molar-refractivity contribution in [3.63, 3.8) is 0 Å². The largest absolute Gasteiger partial charge is 0.451 e. The average molecular weight is 394 g/mol. The third-order valence-electron chi connectivity index (χ3n) is 3.62. The van der Waals surface area contributed by atoms with Gasteiger partial charge in [-0.25, -0.2) is 9.48 Å². The molecule has 0 amide bonds. The van der Waals surface area contributed by atoms with E-state index in [-0.39, 0.29) is 23.9 Å². The summed E-state index contributed by atoms with van der Waals surface area (Å²) in [6, 6.07) is 5.42. The summed E-state index contributed by atoms with van der Waals surface area (Å²) >= 11 is 0. The van der Waals surface area contributed by atoms with Crippen molar-refractivity contribution < 1.29 is 27.2 Å². The first-order valence-corrected chi connectivity index (χ1v) is 7.90. The Bertz CT molecular complexity index is 1090. The van der Waals surface area contributed by atoms with Gasteiger partial charge in [0.15, 0.2) is 12.4 Å². The normalized spacial score (nSPS) is 11.5. The minimum Gasteiger partial charge on any atom is -0.451 e. The Balaban J connectivity index is 1.92. The standard InChI is InChI=1S/C17H13F3N4O4/c1-9-6-13(25)15(16(26)27-8-14-21-10(2)23-28-14)22-24(9)12-5-3-4-11(7-12)17(18,19)20/h3-7H,8H2,1-2H3. The third-order valence-corrected chi connectivity index (χ3v) is 3.62. The van der Waals surface area contributed by atoms with Crippen LogP contribution in [0.2, 0.25) is 0 Å². The quantitative estimate of drug-likeness (QED) is 0.627. The van der Waals surface area contributed by atoms with Crippen LogP contribution in [-0.4, -0.2) is 25.9 Å². The van der Waals surface area contributed by atoms with E-state index in [1.807, 2.05) is 0 Å². The van der Waals surface area contributed by atoms with Crippen molar-refractivity contribution in [3.05, 3.63) is 69.2 Å². The molecule has 146 valence electrons. The second-order valence-corrected chi connectivity index (χ2v) is 5.77. The number of benzene rings is 1. The van der Waals surface area contributed by atoms with Crippen LogP contribution in [0.1, 0.15) is 33.5 Å². The summed E-state index contributed by atoms with van der Waals surface area (Å²) in [5.41, 5.74) is -1.92. The number of aryl methyl sites for hydroxylation is 2. The molecular formula is C17H13F3N4O4. The predicted molar refractivity (Wildman–Crippen MR) is 87.7 cm³/mol. The summed E-state index contributed by atoms with van der Waals surface area (Å²) in [7, 11) is 0. The van der Waals surface area contributed by atoms with Crippen LogP contribution in [0.3, 0.4) is 0 Å². The number of nitrogens with zero attached hydrogens (tertiary/aromatic N) is 4. The number of carbonyl (C=O) groups is 1. The van der Waals surface area contributed by atoms with Gasteiger partial charge in [0.1, 0.15) is 0 Å². The molecule has 0 fully saturated rings. The molecular weight excluding hydrogens is 381 g/mol. The van der Waals surface area contributed by atoms with Crippen LogP contribution in [0, 0.1) is 13.8 Å². The predicted octanol–water partition coefficient (Wildman–Crippen LogP) is 2.61. The molecule has 0 radical (unpaired) electrons. The Morgan fingerprint density at radius 1 is 1.25 bits per heavy atom. The summed E-state index contributed by atoms with van der Waals surface area (Å²) in [5, 5.41) is 7.41. The van der Waals surface area contributed by atoms with Crippen molar-refractivity contribution in [2.75, 3.05) is 0 Å². The molecule has 3 aromatic rings. The number of alkyl halides is 3. The molecule has 0 aliphatic carbocycles. The van der Waals surface area contributed by atoms with Gasteiger partial charge in [-0.05, 0) is 32.0 Å². The number of hydrogen-bond acceptors (Lipinski definition) is 7. The van der Waals surface area contributed by atoms with Crippen molar-refractivity contribution in [2.45, 2.75) is 26.6 Å². The van der Waals surface area contributed by atoms with Crippen LogP contribution < -0.4 is 5.43 Å². The number of hydrogen-bond donors (Lipinski definition) is 0. The van der Waals surface area contributed by atoms with Crippen LogP contribution in [0.15, 0.2) is 39.6 Å². The maximum absolute atomic E-state index is 12.9. The molecule has 0 saturated heterocycles. The molecule has 0 aliphatic rings. The van der Waals surface area contributed by atoms with Crippen LogP contribution >= 0.6 is 0 Å². The minimum atomic E-state index is -4.55. The molecule has 3 rings (SSSR count). The van der Waals surface area contributed by atoms with Crippen LogP contribution in [0.5, 0.6) is 0 Å². The summed E-state index contributed by atoms with van der Waals surface area (Å²) < 4.78 is 49.6. The first-order chi connectivity index (χ1) is 13.1. The summed E-state index contributed by atoms with van der Waals surface area (Å²) in [6.45, 7) is 2.67. The van der Waals surface area contributed by atoms with E-state index in [1.54, 1.807) is 6.92 Å². The lowest BCUT2D eigenvalue weighted by Crippen LogP contribution is -2.24. The molecule has 0 spiro atoms. The molecule has 11 heteroatoms. The number of aromatic nitrogens is 4. The Hall–Kier alpha value is -3.50. The third kappa shape index (κ3) is 4.08. The molecule has 1 aromatic carbocycles. The van der Waals surface area contributed by atoms with Gasteiger partial charge in [-0.2, -0.15) is 23.3 Å². The number of esters is 1. The Morgan fingerprint density at radius 2 is 2.00 bits per heavy atom. The van der Waals surface area contributed by atoms with Crippen molar-refractivity contribution >= 4 is 5.97 Å². The topological polar surface area (TPSA) is 100 Å². The zero-order valence-corrected chi connectivity index (χ0v) is 14.6. The van der Waals surface area contributed by atoms with E-state index in [4.69, 9.17) is 9.26 Å². The van der Waals surface area contributed by atoms with Crippen molar-refractivity contribution in [1.82, 2.24) is 19.9 Å². The van der Waals surface area contributed by atoms with Gasteiger partial charge in [0.2, 0.25) is 11.1 Å². The fraction of sp³-hybridized carbons (Fsp3) is 0.235. The summed E-state index contributed by atoms with van der Waals surface area (Å²) in [6.07, 6.45) is -4.55. The summed E-state index contributed by atoms with van der Waals surface area (Å²) in [5.74, 6) is -0.704. The molecule has 0 unspecified atom stereocenters. The molecule has 0 atom stereocenters. The van der Waals surface area contributed by atoms with Crippen molar-refractivity contribution in [3.8, 4) is 5.69 Å². The lowest BCUT2D eigenvalue weighted by molar-refractivity contribution is -0.137. The number of halogens is 3. The smallest absolute Gasteiger partial charge is 0.416 e. The maximum Gasteiger partial charge on any atom is 0.416 e. The SMILES string of the molecule is Cc1noc(COC(=O)c2nn(-c3cccc(C(F)(F)F)c3)c(C)cc2=O)n1. The van der Waals surface area contributed by atoms with Crippen molar-refractivity contribution in [2.24, 2.45) is 0 Å². The Kier molecular flexibility index (Phi) is 4.99. The fourth-order valence-corrected chi connectivity index (χ4v) is 2.36. The van der Waals surface area contributed by atoms with Crippen molar-refractivity contribution in [1.29, 1.82) is 0 Å². The molecule has 0 saturated carbocycles. The van der Waals surface area contributed by atoms with E-state index in [0.29, 0.717) is 5.82 Å². The molecule has 28 heavy (non-hydrogen) atoms. The maximum atomic E-state index is 12.9. The van der Waals surface area contributed by atoms with Crippen LogP contribution in [0.4, 0.5) is 13.2 Å². The zero-order valence-electron chi connectivity index (χ0n) is 14.6. The highest BCUT2D eigenvalue weighted by molar-refractivity contribution is 5.86. The van der Waals surface area contributed by atoms with E-state index < -0.39 is 28.8 Å². The van der Waals surface area contributed by atoms with E-state index in [2.05, 4.69) is 15.2 Å². The highest BCUT2D eigenvalue weighted by atomic mass is 19.4. The fourth-order valence-electron chi connectivity index (χ4n) is 2.36. The van der Waals surface area contributed by atoms with Gasteiger partial charge < -0.3 is 9.26 Å². The molecule has 2 aromatic heterocycles. The second-order valence-electron chi connectivity index (χ2n) is 5.77. The molecule has 0 aliphatic heterocycles. The van der Waals surface area contributed by atoms with Gasteiger partial charge in [-0.15, -0.1) is 0 Å². The van der Waals surface area contributed by atoms with Crippen LogP contribution in [0.25, 0.3) is 5.69 Å². The van der Waals surface area contributed by atoms with E-state index >= 15 is 0 Å². The number of rotatable bonds is 4. The second kappa shape index (κ2) is 7.25. The first kappa shape index (κ1) is 19.3. The molecule has 8 nitrogen and oxygen atoms in total. The zero-order chi connectivity index (χ0) is 20.5. The first-order valence-electron chi connectivity index (χ1n) is 7.90. The highest BCUT2D eigenvalue weighted by Crippen LogP contribution is 2.30. The lowest BCUT2D eigenvalue weighted by atomic mass is 10.2. The minimum absolute atomic E-state index is 0.0242. The molecule has 2 heterocycles. The molecule has 0 N–H and O–H groups in total. The number of ether oxygens (including phenoxy) is 1. The van der Waals surface area contributed by atoms with Gasteiger partial charge in [-0.3, -0.25) is 4.79 Å².